The largest absolute Gasteiger partial charge is 0.489 e. The predicted octanol–water partition coefficient (Wildman–Crippen LogP) is 6.75. The lowest BCUT2D eigenvalue weighted by atomic mass is 9.95. The first kappa shape index (κ1) is 26.3. The van der Waals surface area contributed by atoms with Gasteiger partial charge < -0.3 is 14.8 Å². The Morgan fingerprint density at radius 3 is 2.72 bits per heavy atom. The van der Waals surface area contributed by atoms with E-state index in [1.165, 1.54) is 0 Å². The van der Waals surface area contributed by atoms with Crippen LogP contribution in [0.1, 0.15) is 57.2 Å². The second kappa shape index (κ2) is 12.5. The van der Waals surface area contributed by atoms with E-state index in [0.29, 0.717) is 41.3 Å². The van der Waals surface area contributed by atoms with E-state index < -0.39 is 6.04 Å². The molecule has 1 N–H and O–H groups in total. The van der Waals surface area contributed by atoms with E-state index in [1.807, 2.05) is 55.5 Å². The molecule has 7 nitrogen and oxygen atoms in total. The Morgan fingerprint density at radius 1 is 1.17 bits per heavy atom. The minimum Gasteiger partial charge on any atom is -0.489 e. The molecule has 0 radical (unpaired) electrons. The number of fused-ring (bicyclic) bond motifs is 1. The number of aromatic nitrogens is 3. The molecule has 1 aliphatic rings. The number of benzene rings is 2. The van der Waals surface area contributed by atoms with Crippen LogP contribution in [-0.2, 0) is 16.1 Å². The molecule has 1 aromatic heterocycles. The van der Waals surface area contributed by atoms with E-state index in [9.17, 15) is 4.79 Å². The first-order chi connectivity index (χ1) is 17.5. The Hall–Kier alpha value is -2.78. The number of esters is 1. The summed E-state index contributed by atoms with van der Waals surface area (Å²) in [4.78, 5) is 18.1. The second-order valence-corrected chi connectivity index (χ2v) is 10.5. The molecule has 0 amide bonds. The summed E-state index contributed by atoms with van der Waals surface area (Å²) in [6.07, 6.45) is 2.77. The lowest BCUT2D eigenvalue weighted by Gasteiger charge is -2.29. The highest BCUT2D eigenvalue weighted by molar-refractivity contribution is 9.10. The minimum atomic E-state index is -0.554. The standard InChI is InChI=1S/C27H31BrN4O3S/c1-4-6-14-34-25(33)23-18(3)29-26-30-27(36-15-5-2)31-32(26)24(23)21-16-20(28)12-13-22(21)35-17-19-10-8-7-9-11-19/h7-13,16,24H,4-6,14-15,17H2,1-3H3,(H,29,30,31). The first-order valence-corrected chi connectivity index (χ1v) is 14.0. The molecule has 3 aromatic rings. The van der Waals surface area contributed by atoms with Gasteiger partial charge in [-0.2, -0.15) is 4.98 Å². The third-order valence-corrected chi connectivity index (χ3v) is 7.26. The lowest BCUT2D eigenvalue weighted by molar-refractivity contribution is -0.139. The molecule has 1 atom stereocenters. The molecule has 0 fully saturated rings. The van der Waals surface area contributed by atoms with Gasteiger partial charge in [-0.05, 0) is 43.5 Å². The van der Waals surface area contributed by atoms with E-state index in [2.05, 4.69) is 35.1 Å². The molecular weight excluding hydrogens is 540 g/mol. The third-order valence-electron chi connectivity index (χ3n) is 5.72. The van der Waals surface area contributed by atoms with Crippen molar-refractivity contribution in [3.05, 3.63) is 75.4 Å². The van der Waals surface area contributed by atoms with Gasteiger partial charge in [-0.25, -0.2) is 9.48 Å². The Kier molecular flexibility index (Phi) is 9.09. The van der Waals surface area contributed by atoms with Crippen molar-refractivity contribution in [2.45, 2.75) is 57.8 Å². The van der Waals surface area contributed by atoms with Crippen LogP contribution in [0.5, 0.6) is 5.75 Å². The van der Waals surface area contributed by atoms with Crippen molar-refractivity contribution >= 4 is 39.6 Å². The molecule has 2 aromatic carbocycles. The zero-order valence-electron chi connectivity index (χ0n) is 20.8. The Morgan fingerprint density at radius 2 is 1.97 bits per heavy atom. The molecule has 36 heavy (non-hydrogen) atoms. The summed E-state index contributed by atoms with van der Waals surface area (Å²) in [5.74, 6) is 1.81. The summed E-state index contributed by atoms with van der Waals surface area (Å²) < 4.78 is 14.6. The highest BCUT2D eigenvalue weighted by atomic mass is 79.9. The second-order valence-electron chi connectivity index (χ2n) is 8.52. The quantitative estimate of drug-likeness (QED) is 0.155. The van der Waals surface area contributed by atoms with Gasteiger partial charge in [-0.1, -0.05) is 78.3 Å². The van der Waals surface area contributed by atoms with Crippen LogP contribution in [0.25, 0.3) is 0 Å². The fraction of sp³-hybridized carbons (Fsp3) is 0.370. The monoisotopic (exact) mass is 570 g/mol. The lowest BCUT2D eigenvalue weighted by Crippen LogP contribution is -2.30. The van der Waals surface area contributed by atoms with E-state index >= 15 is 0 Å². The number of carbonyl (C=O) groups excluding carboxylic acids is 1. The number of allylic oxidation sites excluding steroid dienone is 1. The Balaban J connectivity index is 1.77. The fourth-order valence-corrected chi connectivity index (χ4v) is 4.99. The number of nitrogens with one attached hydrogen (secondary N) is 1. The van der Waals surface area contributed by atoms with E-state index in [1.54, 1.807) is 16.4 Å². The number of hydrogen-bond acceptors (Lipinski definition) is 7. The molecule has 2 heterocycles. The van der Waals surface area contributed by atoms with Crippen molar-refractivity contribution in [3.8, 4) is 5.75 Å². The van der Waals surface area contributed by atoms with E-state index in [4.69, 9.17) is 19.6 Å². The maximum atomic E-state index is 13.4. The molecule has 0 bridgehead atoms. The van der Waals surface area contributed by atoms with Gasteiger partial charge >= 0.3 is 5.97 Å². The number of carbonyl (C=O) groups is 1. The molecule has 0 aliphatic carbocycles. The molecule has 0 saturated carbocycles. The van der Waals surface area contributed by atoms with Gasteiger partial charge in [0.25, 0.3) is 0 Å². The van der Waals surface area contributed by atoms with Crippen LogP contribution in [0.4, 0.5) is 5.95 Å². The van der Waals surface area contributed by atoms with Crippen LogP contribution in [0.2, 0.25) is 0 Å². The van der Waals surface area contributed by atoms with Crippen LogP contribution >= 0.6 is 27.7 Å². The summed E-state index contributed by atoms with van der Waals surface area (Å²) in [6, 6.07) is 15.3. The number of rotatable bonds is 11. The van der Waals surface area contributed by atoms with E-state index in [-0.39, 0.29) is 5.97 Å². The summed E-state index contributed by atoms with van der Waals surface area (Å²) in [5, 5.41) is 8.73. The van der Waals surface area contributed by atoms with Crippen LogP contribution in [0.15, 0.2) is 69.4 Å². The number of ether oxygens (including phenoxy) is 2. The van der Waals surface area contributed by atoms with Crippen LogP contribution in [0, 0.1) is 0 Å². The molecule has 4 rings (SSSR count). The van der Waals surface area contributed by atoms with Crippen molar-refractivity contribution in [1.29, 1.82) is 0 Å². The molecule has 1 unspecified atom stereocenters. The number of anilines is 1. The number of nitrogens with zero attached hydrogens (tertiary/aromatic N) is 3. The number of unbranched alkanes of at least 4 members (excludes halogenated alkanes) is 1. The Bertz CT molecular complexity index is 1230. The van der Waals surface area contributed by atoms with Gasteiger partial charge in [0.05, 0.1) is 12.2 Å². The molecule has 9 heteroatoms. The summed E-state index contributed by atoms with van der Waals surface area (Å²) in [7, 11) is 0. The van der Waals surface area contributed by atoms with Gasteiger partial charge in [-0.3, -0.25) is 0 Å². The zero-order valence-corrected chi connectivity index (χ0v) is 23.2. The maximum Gasteiger partial charge on any atom is 0.338 e. The number of hydrogen-bond donors (Lipinski definition) is 1. The topological polar surface area (TPSA) is 78.3 Å². The average molecular weight is 572 g/mol. The summed E-state index contributed by atoms with van der Waals surface area (Å²) in [6.45, 7) is 6.84. The highest BCUT2D eigenvalue weighted by Crippen LogP contribution is 2.41. The maximum absolute atomic E-state index is 13.4. The normalized spacial score (nSPS) is 14.8. The van der Waals surface area contributed by atoms with Crippen molar-refractivity contribution in [3.63, 3.8) is 0 Å². The molecule has 0 spiro atoms. The van der Waals surface area contributed by atoms with Gasteiger partial charge in [0.15, 0.2) is 0 Å². The van der Waals surface area contributed by atoms with Crippen molar-refractivity contribution in [2.75, 3.05) is 17.7 Å². The van der Waals surface area contributed by atoms with Gasteiger partial charge in [-0.15, -0.1) is 5.10 Å². The summed E-state index contributed by atoms with van der Waals surface area (Å²) >= 11 is 5.20. The highest BCUT2D eigenvalue weighted by Gasteiger charge is 2.37. The number of halogens is 1. The van der Waals surface area contributed by atoms with Crippen molar-refractivity contribution in [1.82, 2.24) is 14.8 Å². The van der Waals surface area contributed by atoms with Gasteiger partial charge in [0.2, 0.25) is 11.1 Å². The molecule has 0 saturated heterocycles. The molecular formula is C27H31BrN4O3S. The van der Waals surface area contributed by atoms with Crippen molar-refractivity contribution < 1.29 is 14.3 Å². The van der Waals surface area contributed by atoms with Crippen LogP contribution < -0.4 is 10.1 Å². The predicted molar refractivity (Wildman–Crippen MR) is 146 cm³/mol. The van der Waals surface area contributed by atoms with Crippen LogP contribution in [-0.4, -0.2) is 33.1 Å². The first-order valence-electron chi connectivity index (χ1n) is 12.2. The van der Waals surface area contributed by atoms with Crippen LogP contribution in [0.3, 0.4) is 0 Å². The van der Waals surface area contributed by atoms with Gasteiger partial charge in [0, 0.05) is 21.5 Å². The zero-order chi connectivity index (χ0) is 25.5. The van der Waals surface area contributed by atoms with E-state index in [0.717, 1.165) is 40.6 Å². The van der Waals surface area contributed by atoms with Gasteiger partial charge in [0.1, 0.15) is 18.4 Å². The third kappa shape index (κ3) is 6.13. The molecule has 1 aliphatic heterocycles. The smallest absolute Gasteiger partial charge is 0.338 e. The number of thioether (sulfide) groups is 1. The van der Waals surface area contributed by atoms with Crippen molar-refractivity contribution in [2.24, 2.45) is 0 Å². The average Bonchev–Trinajstić information content (AvgIpc) is 3.28. The molecule has 190 valence electrons. The SMILES string of the molecule is CCCCOC(=O)C1=C(C)Nc2nc(SCCC)nn2C1c1cc(Br)ccc1OCc1ccccc1. The summed E-state index contributed by atoms with van der Waals surface area (Å²) in [5.41, 5.74) is 3.06. The fourth-order valence-electron chi connectivity index (χ4n) is 3.92. The minimum absolute atomic E-state index is 0.364. The Labute approximate surface area is 224 Å².